The molecule has 0 aromatic heterocycles. The zero-order valence-electron chi connectivity index (χ0n) is 8.32. The molecule has 0 aromatic carbocycles. The van der Waals surface area contributed by atoms with Gasteiger partial charge in [0.25, 0.3) is 0 Å². The van der Waals surface area contributed by atoms with Crippen molar-refractivity contribution in [2.45, 2.75) is 33.4 Å². The van der Waals surface area contributed by atoms with Crippen molar-refractivity contribution in [3.63, 3.8) is 0 Å². The summed E-state index contributed by atoms with van der Waals surface area (Å²) in [5.74, 6) is 0. The van der Waals surface area contributed by atoms with Crippen LogP contribution in [0.2, 0.25) is 0 Å². The van der Waals surface area contributed by atoms with E-state index in [1.54, 1.807) is 6.08 Å². The van der Waals surface area contributed by atoms with Crippen LogP contribution in [-0.2, 0) is 0 Å². The maximum atomic E-state index is 13.5. The van der Waals surface area contributed by atoms with Gasteiger partial charge in [0.2, 0.25) is 0 Å². The molecule has 0 unspecified atom stereocenters. The maximum absolute atomic E-state index is 13.5. The fourth-order valence-electron chi connectivity index (χ4n) is 1.04. The molecule has 0 saturated heterocycles. The monoisotopic (exact) mass is 168 g/mol. The second-order valence-electron chi connectivity index (χ2n) is 3.36. The smallest absolute Gasteiger partial charge is 0.130 e. The molecule has 0 amide bonds. The van der Waals surface area contributed by atoms with E-state index in [4.69, 9.17) is 0 Å². The highest BCUT2D eigenvalue weighted by Crippen LogP contribution is 2.25. The van der Waals surface area contributed by atoms with Crippen LogP contribution in [0.1, 0.15) is 27.7 Å². The lowest BCUT2D eigenvalue weighted by molar-refractivity contribution is 0.272. The van der Waals surface area contributed by atoms with Gasteiger partial charge in [-0.25, -0.2) is 4.39 Å². The summed E-state index contributed by atoms with van der Waals surface area (Å²) in [6, 6.07) is 0. The first-order chi connectivity index (χ1) is 5.39. The van der Waals surface area contributed by atoms with E-state index in [9.17, 15) is 4.39 Å². The SMILES string of the molecule is C=C(C)/C(=C\C=C/C)C(C)(C)F. The predicted molar refractivity (Wildman–Crippen MR) is 52.9 cm³/mol. The van der Waals surface area contributed by atoms with Gasteiger partial charge in [0.1, 0.15) is 5.67 Å². The number of rotatable bonds is 3. The summed E-state index contributed by atoms with van der Waals surface area (Å²) in [7, 11) is 0. The van der Waals surface area contributed by atoms with Gasteiger partial charge in [-0.05, 0) is 33.3 Å². The lowest BCUT2D eigenvalue weighted by atomic mass is 9.94. The minimum atomic E-state index is -1.30. The molecule has 0 bridgehead atoms. The van der Waals surface area contributed by atoms with Crippen molar-refractivity contribution >= 4 is 0 Å². The third-order valence-corrected chi connectivity index (χ3v) is 1.56. The highest BCUT2D eigenvalue weighted by molar-refractivity contribution is 5.36. The molecule has 0 aliphatic heterocycles. The largest absolute Gasteiger partial charge is 0.239 e. The Morgan fingerprint density at radius 1 is 1.42 bits per heavy atom. The Morgan fingerprint density at radius 2 is 1.92 bits per heavy atom. The third-order valence-electron chi connectivity index (χ3n) is 1.56. The molecule has 68 valence electrons. The standard InChI is InChI=1S/C11H17F/c1-6-7-8-10(9(2)3)11(4,5)12/h6-8H,2H2,1,3-5H3/b7-6-,10-8+. The van der Waals surface area contributed by atoms with Gasteiger partial charge in [-0.1, -0.05) is 30.4 Å². The lowest BCUT2D eigenvalue weighted by Crippen LogP contribution is -2.16. The van der Waals surface area contributed by atoms with Gasteiger partial charge < -0.3 is 0 Å². The second-order valence-corrected chi connectivity index (χ2v) is 3.36. The summed E-state index contributed by atoms with van der Waals surface area (Å²) in [5, 5.41) is 0. The van der Waals surface area contributed by atoms with Crippen LogP contribution >= 0.6 is 0 Å². The molecule has 0 radical (unpaired) electrons. The van der Waals surface area contributed by atoms with E-state index < -0.39 is 5.67 Å². The van der Waals surface area contributed by atoms with Gasteiger partial charge in [-0.2, -0.15) is 0 Å². The van der Waals surface area contributed by atoms with Crippen molar-refractivity contribution in [3.8, 4) is 0 Å². The minimum Gasteiger partial charge on any atom is -0.239 e. The van der Waals surface area contributed by atoms with Crippen molar-refractivity contribution in [1.29, 1.82) is 0 Å². The molecule has 0 nitrogen and oxygen atoms in total. The van der Waals surface area contributed by atoms with Crippen molar-refractivity contribution in [2.24, 2.45) is 0 Å². The number of halogens is 1. The normalized spacial score (nSPS) is 13.9. The Kier molecular flexibility index (Phi) is 3.94. The van der Waals surface area contributed by atoms with Crippen LogP contribution in [0.15, 0.2) is 36.0 Å². The number of hydrogen-bond acceptors (Lipinski definition) is 0. The van der Waals surface area contributed by atoms with Crippen LogP contribution in [0.5, 0.6) is 0 Å². The number of alkyl halides is 1. The maximum Gasteiger partial charge on any atom is 0.130 e. The van der Waals surface area contributed by atoms with E-state index in [-0.39, 0.29) is 0 Å². The Hall–Kier alpha value is -0.850. The molecular formula is C11H17F. The molecule has 0 atom stereocenters. The Labute approximate surface area is 74.5 Å². The second kappa shape index (κ2) is 4.24. The molecule has 0 aromatic rings. The highest BCUT2D eigenvalue weighted by atomic mass is 19.1. The van der Waals surface area contributed by atoms with Crippen LogP contribution in [0.3, 0.4) is 0 Å². The molecule has 0 heterocycles. The van der Waals surface area contributed by atoms with E-state index in [1.165, 1.54) is 13.8 Å². The number of hydrogen-bond donors (Lipinski definition) is 0. The first-order valence-corrected chi connectivity index (χ1v) is 4.08. The summed E-state index contributed by atoms with van der Waals surface area (Å²) in [6.07, 6.45) is 5.46. The minimum absolute atomic E-state index is 0.653. The summed E-state index contributed by atoms with van der Waals surface area (Å²) in [6.45, 7) is 10.5. The van der Waals surface area contributed by atoms with E-state index in [0.717, 1.165) is 5.57 Å². The Morgan fingerprint density at radius 3 is 2.17 bits per heavy atom. The first-order valence-electron chi connectivity index (χ1n) is 4.08. The van der Waals surface area contributed by atoms with Crippen molar-refractivity contribution in [3.05, 3.63) is 36.0 Å². The molecular weight excluding hydrogens is 151 g/mol. The van der Waals surface area contributed by atoms with Gasteiger partial charge in [-0.15, -0.1) is 0 Å². The molecule has 0 spiro atoms. The Balaban J connectivity index is 4.80. The fourth-order valence-corrected chi connectivity index (χ4v) is 1.04. The van der Waals surface area contributed by atoms with Crippen molar-refractivity contribution < 1.29 is 4.39 Å². The van der Waals surface area contributed by atoms with Crippen molar-refractivity contribution in [1.82, 2.24) is 0 Å². The quantitative estimate of drug-likeness (QED) is 0.562. The summed E-state index contributed by atoms with van der Waals surface area (Å²) in [4.78, 5) is 0. The molecule has 0 aliphatic carbocycles. The summed E-state index contributed by atoms with van der Waals surface area (Å²) < 4.78 is 13.5. The Bertz CT molecular complexity index is 214. The zero-order chi connectivity index (χ0) is 9.78. The predicted octanol–water partition coefficient (Wildman–Crippen LogP) is 3.81. The van der Waals surface area contributed by atoms with Gasteiger partial charge >= 0.3 is 0 Å². The van der Waals surface area contributed by atoms with Gasteiger partial charge in [0.15, 0.2) is 0 Å². The van der Waals surface area contributed by atoms with Gasteiger partial charge in [-0.3, -0.25) is 0 Å². The first kappa shape index (κ1) is 11.2. The average molecular weight is 168 g/mol. The molecule has 0 aliphatic rings. The fraction of sp³-hybridized carbons (Fsp3) is 0.455. The van der Waals surface area contributed by atoms with Crippen LogP contribution in [0.25, 0.3) is 0 Å². The molecule has 0 saturated carbocycles. The lowest BCUT2D eigenvalue weighted by Gasteiger charge is -2.18. The van der Waals surface area contributed by atoms with Gasteiger partial charge in [0, 0.05) is 0 Å². The molecule has 12 heavy (non-hydrogen) atoms. The van der Waals surface area contributed by atoms with E-state index in [1.807, 2.05) is 26.0 Å². The van der Waals surface area contributed by atoms with E-state index in [2.05, 4.69) is 6.58 Å². The highest BCUT2D eigenvalue weighted by Gasteiger charge is 2.21. The van der Waals surface area contributed by atoms with Crippen LogP contribution in [-0.4, -0.2) is 5.67 Å². The van der Waals surface area contributed by atoms with Crippen LogP contribution in [0, 0.1) is 0 Å². The van der Waals surface area contributed by atoms with Crippen LogP contribution < -0.4 is 0 Å². The molecule has 0 rings (SSSR count). The third kappa shape index (κ3) is 3.51. The van der Waals surface area contributed by atoms with Crippen LogP contribution in [0.4, 0.5) is 4.39 Å². The topological polar surface area (TPSA) is 0 Å². The average Bonchev–Trinajstić information content (AvgIpc) is 1.84. The molecule has 1 heteroatoms. The summed E-state index contributed by atoms with van der Waals surface area (Å²) >= 11 is 0. The number of allylic oxidation sites excluding steroid dienone is 5. The van der Waals surface area contributed by atoms with Gasteiger partial charge in [0.05, 0.1) is 0 Å². The molecule has 0 N–H and O–H groups in total. The van der Waals surface area contributed by atoms with E-state index in [0.29, 0.717) is 5.57 Å². The van der Waals surface area contributed by atoms with Crippen molar-refractivity contribution in [2.75, 3.05) is 0 Å². The summed E-state index contributed by atoms with van der Waals surface area (Å²) in [5.41, 5.74) is 0.131. The van der Waals surface area contributed by atoms with E-state index >= 15 is 0 Å². The zero-order valence-corrected chi connectivity index (χ0v) is 8.32. The molecule has 0 fully saturated rings.